The topological polar surface area (TPSA) is 59.4 Å². The molecule has 0 atom stereocenters. The predicted octanol–water partition coefficient (Wildman–Crippen LogP) is 4.47. The van der Waals surface area contributed by atoms with Crippen molar-refractivity contribution in [3.8, 4) is 5.75 Å². The molecule has 21 heavy (non-hydrogen) atoms. The lowest BCUT2D eigenvalue weighted by Crippen LogP contribution is -2.17. The van der Waals surface area contributed by atoms with E-state index in [2.05, 4.69) is 26.8 Å². The molecule has 4 nitrogen and oxygen atoms in total. The third-order valence-electron chi connectivity index (χ3n) is 3.76. The number of carboxylic acid groups (broad SMARTS) is 1. The number of aromatic nitrogens is 1. The Hall–Kier alpha value is -2.10. The lowest BCUT2D eigenvalue weighted by atomic mass is 9.86. The van der Waals surface area contributed by atoms with Crippen LogP contribution in [0.2, 0.25) is 0 Å². The van der Waals surface area contributed by atoms with E-state index in [-0.39, 0.29) is 5.41 Å². The Balaban J connectivity index is 2.23. The second kappa shape index (κ2) is 4.72. The van der Waals surface area contributed by atoms with Gasteiger partial charge < -0.3 is 9.84 Å². The van der Waals surface area contributed by atoms with E-state index in [0.717, 1.165) is 11.1 Å². The summed E-state index contributed by atoms with van der Waals surface area (Å²) < 4.78 is 4.87. The van der Waals surface area contributed by atoms with Crippen LogP contribution in [0.25, 0.3) is 10.9 Å². The summed E-state index contributed by atoms with van der Waals surface area (Å²) >= 11 is 0. The molecule has 1 aliphatic rings. The first kappa shape index (κ1) is 13.9. The quantitative estimate of drug-likeness (QED) is 0.653. The monoisotopic (exact) mass is 285 g/mol. The van der Waals surface area contributed by atoms with E-state index in [1.807, 2.05) is 6.07 Å². The van der Waals surface area contributed by atoms with E-state index < -0.39 is 6.16 Å². The SMILES string of the molecule is CC(C)(C)c1nc2c(OC(=O)O)cccc2cc1C1CC1. The molecule has 1 N–H and O–H groups in total. The summed E-state index contributed by atoms with van der Waals surface area (Å²) in [6.45, 7) is 6.40. The summed E-state index contributed by atoms with van der Waals surface area (Å²) in [5.41, 5.74) is 2.87. The summed E-state index contributed by atoms with van der Waals surface area (Å²) in [7, 11) is 0. The maximum absolute atomic E-state index is 10.8. The van der Waals surface area contributed by atoms with E-state index in [1.165, 1.54) is 18.4 Å². The first-order chi connectivity index (χ1) is 9.86. The van der Waals surface area contributed by atoms with Crippen LogP contribution in [0.4, 0.5) is 4.79 Å². The van der Waals surface area contributed by atoms with E-state index in [0.29, 0.717) is 17.2 Å². The van der Waals surface area contributed by atoms with Gasteiger partial charge in [-0.1, -0.05) is 32.9 Å². The van der Waals surface area contributed by atoms with Crippen LogP contribution in [0.15, 0.2) is 24.3 Å². The number of ether oxygens (including phenoxy) is 1. The molecule has 1 aromatic carbocycles. The van der Waals surface area contributed by atoms with Crippen LogP contribution in [-0.4, -0.2) is 16.2 Å². The van der Waals surface area contributed by atoms with Crippen molar-refractivity contribution in [2.45, 2.75) is 44.9 Å². The molecule has 1 aromatic heterocycles. The Bertz CT molecular complexity index is 712. The summed E-state index contributed by atoms with van der Waals surface area (Å²) in [5, 5.41) is 9.79. The highest BCUT2D eigenvalue weighted by molar-refractivity contribution is 5.87. The van der Waals surface area contributed by atoms with Crippen molar-refractivity contribution in [2.75, 3.05) is 0 Å². The van der Waals surface area contributed by atoms with Gasteiger partial charge in [0.2, 0.25) is 0 Å². The van der Waals surface area contributed by atoms with Crippen LogP contribution < -0.4 is 4.74 Å². The molecule has 1 saturated carbocycles. The van der Waals surface area contributed by atoms with Crippen molar-refractivity contribution in [3.63, 3.8) is 0 Å². The Kier molecular flexibility index (Phi) is 3.12. The smallest absolute Gasteiger partial charge is 0.449 e. The normalized spacial score (nSPS) is 15.2. The minimum absolute atomic E-state index is 0.0809. The maximum atomic E-state index is 10.8. The minimum Gasteiger partial charge on any atom is -0.449 e. The van der Waals surface area contributed by atoms with E-state index in [4.69, 9.17) is 14.8 Å². The molecule has 1 heterocycles. The van der Waals surface area contributed by atoms with Gasteiger partial charge in [-0.2, -0.15) is 0 Å². The first-order valence-electron chi connectivity index (χ1n) is 7.21. The average Bonchev–Trinajstić information content (AvgIpc) is 3.20. The van der Waals surface area contributed by atoms with Crippen molar-refractivity contribution in [2.24, 2.45) is 0 Å². The third-order valence-corrected chi connectivity index (χ3v) is 3.76. The fourth-order valence-corrected chi connectivity index (χ4v) is 2.67. The summed E-state index contributed by atoms with van der Waals surface area (Å²) in [6.07, 6.45) is 1.11. The number of hydrogen-bond donors (Lipinski definition) is 1. The molecule has 2 aromatic rings. The molecular formula is C17H19NO3. The van der Waals surface area contributed by atoms with Crippen LogP contribution in [0.3, 0.4) is 0 Å². The van der Waals surface area contributed by atoms with E-state index in [1.54, 1.807) is 12.1 Å². The van der Waals surface area contributed by atoms with Crippen molar-refractivity contribution in [1.82, 2.24) is 4.98 Å². The molecule has 0 amide bonds. The van der Waals surface area contributed by atoms with Gasteiger partial charge in [-0.15, -0.1) is 0 Å². The number of benzene rings is 1. The number of hydrogen-bond acceptors (Lipinski definition) is 3. The molecule has 0 aliphatic heterocycles. The molecule has 4 heteroatoms. The Morgan fingerprint density at radius 1 is 1.33 bits per heavy atom. The molecule has 0 unspecified atom stereocenters. The van der Waals surface area contributed by atoms with Crippen molar-refractivity contribution in [3.05, 3.63) is 35.5 Å². The van der Waals surface area contributed by atoms with Crippen LogP contribution in [0, 0.1) is 0 Å². The number of carbonyl (C=O) groups is 1. The van der Waals surface area contributed by atoms with Gasteiger partial charge in [0, 0.05) is 10.8 Å². The summed E-state index contributed by atoms with van der Waals surface area (Å²) in [4.78, 5) is 15.6. The highest BCUT2D eigenvalue weighted by Crippen LogP contribution is 2.45. The van der Waals surface area contributed by atoms with Gasteiger partial charge in [0.05, 0.1) is 5.69 Å². The minimum atomic E-state index is -1.31. The molecule has 110 valence electrons. The lowest BCUT2D eigenvalue weighted by molar-refractivity contribution is 0.145. The van der Waals surface area contributed by atoms with E-state index >= 15 is 0 Å². The Labute approximate surface area is 123 Å². The van der Waals surface area contributed by atoms with E-state index in [9.17, 15) is 4.79 Å². The number of rotatable bonds is 2. The third kappa shape index (κ3) is 2.71. The lowest BCUT2D eigenvalue weighted by Gasteiger charge is -2.22. The Morgan fingerprint density at radius 3 is 2.62 bits per heavy atom. The fourth-order valence-electron chi connectivity index (χ4n) is 2.67. The van der Waals surface area contributed by atoms with Gasteiger partial charge in [-0.3, -0.25) is 0 Å². The molecule has 1 aliphatic carbocycles. The van der Waals surface area contributed by atoms with Gasteiger partial charge in [-0.05, 0) is 36.5 Å². The zero-order valence-corrected chi connectivity index (χ0v) is 12.5. The van der Waals surface area contributed by atoms with Gasteiger partial charge >= 0.3 is 6.16 Å². The highest BCUT2D eigenvalue weighted by Gasteiger charge is 2.31. The van der Waals surface area contributed by atoms with Crippen LogP contribution in [0.1, 0.15) is 50.8 Å². The number of nitrogens with zero attached hydrogens (tertiary/aromatic N) is 1. The maximum Gasteiger partial charge on any atom is 0.511 e. The molecule has 0 spiro atoms. The molecule has 0 radical (unpaired) electrons. The Morgan fingerprint density at radius 2 is 2.05 bits per heavy atom. The number of pyridine rings is 1. The first-order valence-corrected chi connectivity index (χ1v) is 7.21. The van der Waals surface area contributed by atoms with Crippen molar-refractivity contribution < 1.29 is 14.6 Å². The summed E-state index contributed by atoms with van der Waals surface area (Å²) in [6, 6.07) is 7.55. The predicted molar refractivity (Wildman–Crippen MR) is 81.1 cm³/mol. The van der Waals surface area contributed by atoms with Gasteiger partial charge in [0.1, 0.15) is 5.52 Å². The largest absolute Gasteiger partial charge is 0.511 e. The molecule has 0 bridgehead atoms. The fraction of sp³-hybridized carbons (Fsp3) is 0.412. The standard InChI is InChI=1S/C17H19NO3/c1-17(2,3)15-12(10-7-8-10)9-11-5-4-6-13(14(11)18-15)21-16(19)20/h4-6,9-10H,7-8H2,1-3H3,(H,19,20). The number of para-hydroxylation sites is 1. The molecule has 0 saturated heterocycles. The zero-order chi connectivity index (χ0) is 15.2. The molecule has 1 fully saturated rings. The van der Waals surface area contributed by atoms with Gasteiger partial charge in [0.15, 0.2) is 5.75 Å². The molecule has 3 rings (SSSR count). The van der Waals surface area contributed by atoms with Gasteiger partial charge in [0.25, 0.3) is 0 Å². The van der Waals surface area contributed by atoms with Crippen LogP contribution in [-0.2, 0) is 5.41 Å². The number of fused-ring (bicyclic) bond motifs is 1. The molecular weight excluding hydrogens is 266 g/mol. The van der Waals surface area contributed by atoms with Crippen LogP contribution >= 0.6 is 0 Å². The second-order valence-electron chi connectivity index (χ2n) is 6.65. The van der Waals surface area contributed by atoms with Crippen molar-refractivity contribution >= 4 is 17.1 Å². The second-order valence-corrected chi connectivity index (χ2v) is 6.65. The summed E-state index contributed by atoms with van der Waals surface area (Å²) in [5.74, 6) is 0.896. The average molecular weight is 285 g/mol. The zero-order valence-electron chi connectivity index (χ0n) is 12.5. The van der Waals surface area contributed by atoms with Crippen molar-refractivity contribution in [1.29, 1.82) is 0 Å². The highest BCUT2D eigenvalue weighted by atomic mass is 16.7. The van der Waals surface area contributed by atoms with Crippen LogP contribution in [0.5, 0.6) is 5.75 Å². The van der Waals surface area contributed by atoms with Gasteiger partial charge in [-0.25, -0.2) is 9.78 Å².